The summed E-state index contributed by atoms with van der Waals surface area (Å²) in [4.78, 5) is 11.9. The first kappa shape index (κ1) is 12.8. The Labute approximate surface area is 114 Å². The number of hydrogen-bond acceptors (Lipinski definition) is 2. The molecule has 0 aliphatic rings. The maximum atomic E-state index is 12.1. The number of carbonyl (C=O) groups excluding carboxylic acids is 1. The predicted octanol–water partition coefficient (Wildman–Crippen LogP) is 3.58. The van der Waals surface area contributed by atoms with Crippen LogP contribution in [-0.4, -0.2) is 15.7 Å². The molecule has 0 heterocycles. The molecule has 1 atom stereocenters. The van der Waals surface area contributed by atoms with Gasteiger partial charge in [-0.3, -0.25) is 4.79 Å². The van der Waals surface area contributed by atoms with Crippen LogP contribution >= 0.6 is 15.9 Å². The van der Waals surface area contributed by atoms with Crippen molar-refractivity contribution in [2.24, 2.45) is 0 Å². The molecule has 0 aromatic heterocycles. The van der Waals surface area contributed by atoms with E-state index in [2.05, 4.69) is 15.9 Å². The van der Waals surface area contributed by atoms with Crippen LogP contribution in [0.5, 0.6) is 5.75 Å². The van der Waals surface area contributed by atoms with Gasteiger partial charge in [0.15, 0.2) is 5.78 Å². The van der Waals surface area contributed by atoms with E-state index in [9.17, 15) is 9.90 Å². The van der Waals surface area contributed by atoms with E-state index < -0.39 is 0 Å². The van der Waals surface area contributed by atoms with Crippen LogP contribution in [-0.2, 0) is 6.42 Å². The number of rotatable bonds is 4. The van der Waals surface area contributed by atoms with Gasteiger partial charge in [-0.15, -0.1) is 0 Å². The van der Waals surface area contributed by atoms with Crippen LogP contribution in [0.15, 0.2) is 54.6 Å². The summed E-state index contributed by atoms with van der Waals surface area (Å²) in [6.07, 6.45) is 0.653. The lowest BCUT2D eigenvalue weighted by atomic mass is 10.0. The van der Waals surface area contributed by atoms with E-state index in [1.807, 2.05) is 30.3 Å². The van der Waals surface area contributed by atoms with Crippen molar-refractivity contribution in [2.45, 2.75) is 11.2 Å². The number of phenols is 1. The summed E-state index contributed by atoms with van der Waals surface area (Å²) in [6.45, 7) is 0. The fraction of sp³-hybridized carbons (Fsp3) is 0.133. The number of halogens is 1. The van der Waals surface area contributed by atoms with Gasteiger partial charge in [0.05, 0.1) is 4.83 Å². The maximum absolute atomic E-state index is 12.1. The van der Waals surface area contributed by atoms with Gasteiger partial charge in [0, 0.05) is 5.56 Å². The molecule has 2 rings (SSSR count). The number of phenolic OH excluding ortho intramolecular Hbond substituents is 1. The normalized spacial score (nSPS) is 12.1. The van der Waals surface area contributed by atoms with Crippen molar-refractivity contribution in [3.05, 3.63) is 65.7 Å². The van der Waals surface area contributed by atoms with Crippen LogP contribution in [0.25, 0.3) is 0 Å². The molecule has 0 aliphatic heterocycles. The van der Waals surface area contributed by atoms with Crippen LogP contribution in [0.2, 0.25) is 0 Å². The van der Waals surface area contributed by atoms with E-state index in [4.69, 9.17) is 0 Å². The van der Waals surface area contributed by atoms with E-state index in [0.29, 0.717) is 12.0 Å². The average Bonchev–Trinajstić information content (AvgIpc) is 2.40. The van der Waals surface area contributed by atoms with Gasteiger partial charge < -0.3 is 5.11 Å². The van der Waals surface area contributed by atoms with Crippen LogP contribution < -0.4 is 0 Å². The lowest BCUT2D eigenvalue weighted by Gasteiger charge is -2.09. The Kier molecular flexibility index (Phi) is 4.15. The Morgan fingerprint density at radius 2 is 1.67 bits per heavy atom. The minimum Gasteiger partial charge on any atom is -0.508 e. The number of ketones is 1. The molecular weight excluding hydrogens is 292 g/mol. The van der Waals surface area contributed by atoms with Crippen LogP contribution in [0.3, 0.4) is 0 Å². The fourth-order valence-corrected chi connectivity index (χ4v) is 2.36. The van der Waals surface area contributed by atoms with Crippen molar-refractivity contribution in [1.82, 2.24) is 0 Å². The van der Waals surface area contributed by atoms with Gasteiger partial charge in [-0.05, 0) is 36.2 Å². The van der Waals surface area contributed by atoms with Crippen molar-refractivity contribution in [2.75, 3.05) is 0 Å². The molecule has 0 amide bonds. The largest absolute Gasteiger partial charge is 0.508 e. The van der Waals surface area contributed by atoms with Crippen molar-refractivity contribution in [3.63, 3.8) is 0 Å². The molecule has 0 spiro atoms. The highest BCUT2D eigenvalue weighted by Crippen LogP contribution is 2.17. The summed E-state index contributed by atoms with van der Waals surface area (Å²) in [5.74, 6) is 0.194. The summed E-state index contributed by atoms with van der Waals surface area (Å²) >= 11 is 3.42. The standard InChI is InChI=1S/C15H13BrO2/c16-14(10-11-4-2-1-3-5-11)15(18)12-6-8-13(17)9-7-12/h1-9,14,17H,10H2. The molecule has 0 bridgehead atoms. The molecule has 1 N–H and O–H groups in total. The van der Waals surface area contributed by atoms with Gasteiger partial charge in [-0.2, -0.15) is 0 Å². The lowest BCUT2D eigenvalue weighted by molar-refractivity contribution is 0.0991. The zero-order chi connectivity index (χ0) is 13.0. The van der Waals surface area contributed by atoms with E-state index >= 15 is 0 Å². The molecule has 0 saturated carbocycles. The molecule has 3 heteroatoms. The van der Waals surface area contributed by atoms with Crippen molar-refractivity contribution >= 4 is 21.7 Å². The van der Waals surface area contributed by atoms with Crippen LogP contribution in [0.1, 0.15) is 15.9 Å². The van der Waals surface area contributed by atoms with Crippen molar-refractivity contribution < 1.29 is 9.90 Å². The van der Waals surface area contributed by atoms with Gasteiger partial charge in [0.1, 0.15) is 5.75 Å². The summed E-state index contributed by atoms with van der Waals surface area (Å²) in [5.41, 5.74) is 1.72. The fourth-order valence-electron chi connectivity index (χ4n) is 1.72. The van der Waals surface area contributed by atoms with E-state index in [1.54, 1.807) is 12.1 Å². The van der Waals surface area contributed by atoms with E-state index in [0.717, 1.165) is 5.56 Å². The zero-order valence-electron chi connectivity index (χ0n) is 9.71. The SMILES string of the molecule is O=C(c1ccc(O)cc1)C(Br)Cc1ccccc1. The van der Waals surface area contributed by atoms with Gasteiger partial charge in [-0.1, -0.05) is 46.3 Å². The second kappa shape index (κ2) is 5.83. The van der Waals surface area contributed by atoms with Crippen LogP contribution in [0.4, 0.5) is 0 Å². The van der Waals surface area contributed by atoms with Gasteiger partial charge in [0.25, 0.3) is 0 Å². The molecule has 2 nitrogen and oxygen atoms in total. The smallest absolute Gasteiger partial charge is 0.176 e. The zero-order valence-corrected chi connectivity index (χ0v) is 11.3. The molecule has 2 aromatic rings. The molecule has 2 aromatic carbocycles. The second-order valence-electron chi connectivity index (χ2n) is 4.07. The minimum absolute atomic E-state index is 0.0267. The summed E-state index contributed by atoms with van der Waals surface area (Å²) in [5, 5.41) is 9.19. The van der Waals surface area contributed by atoms with Gasteiger partial charge in [-0.25, -0.2) is 0 Å². The number of hydrogen-bond donors (Lipinski definition) is 1. The summed E-state index contributed by atoms with van der Waals surface area (Å²) < 4.78 is 0. The van der Waals surface area contributed by atoms with Gasteiger partial charge in [0.2, 0.25) is 0 Å². The van der Waals surface area contributed by atoms with E-state index in [-0.39, 0.29) is 16.4 Å². The molecule has 0 saturated heterocycles. The Hall–Kier alpha value is -1.61. The first-order valence-electron chi connectivity index (χ1n) is 5.68. The number of alkyl halides is 1. The van der Waals surface area contributed by atoms with Crippen molar-refractivity contribution in [1.29, 1.82) is 0 Å². The second-order valence-corrected chi connectivity index (χ2v) is 5.17. The molecule has 0 aliphatic carbocycles. The topological polar surface area (TPSA) is 37.3 Å². The number of aromatic hydroxyl groups is 1. The summed E-state index contributed by atoms with van der Waals surface area (Å²) in [6, 6.07) is 16.2. The van der Waals surface area contributed by atoms with Gasteiger partial charge >= 0.3 is 0 Å². The Balaban J connectivity index is 2.07. The average molecular weight is 305 g/mol. The lowest BCUT2D eigenvalue weighted by Crippen LogP contribution is -2.16. The first-order valence-corrected chi connectivity index (χ1v) is 6.59. The molecular formula is C15H13BrO2. The number of benzene rings is 2. The highest BCUT2D eigenvalue weighted by Gasteiger charge is 2.17. The van der Waals surface area contributed by atoms with Crippen molar-refractivity contribution in [3.8, 4) is 5.75 Å². The number of carbonyl (C=O) groups is 1. The quantitative estimate of drug-likeness (QED) is 0.692. The molecule has 1 unspecified atom stereocenters. The third-order valence-corrected chi connectivity index (χ3v) is 3.43. The summed E-state index contributed by atoms with van der Waals surface area (Å²) in [7, 11) is 0. The molecule has 92 valence electrons. The minimum atomic E-state index is -0.246. The maximum Gasteiger partial charge on any atom is 0.176 e. The van der Waals surface area contributed by atoms with Crippen LogP contribution in [0, 0.1) is 0 Å². The molecule has 0 fully saturated rings. The first-order chi connectivity index (χ1) is 8.66. The monoisotopic (exact) mass is 304 g/mol. The Morgan fingerprint density at radius 3 is 2.28 bits per heavy atom. The highest BCUT2D eigenvalue weighted by atomic mass is 79.9. The Morgan fingerprint density at radius 1 is 1.06 bits per heavy atom. The highest BCUT2D eigenvalue weighted by molar-refractivity contribution is 9.10. The number of Topliss-reactive ketones (excluding diaryl/α,β-unsaturated/α-hetero) is 1. The third kappa shape index (κ3) is 3.20. The molecule has 0 radical (unpaired) electrons. The van der Waals surface area contributed by atoms with E-state index in [1.165, 1.54) is 12.1 Å². The predicted molar refractivity (Wildman–Crippen MR) is 75.3 cm³/mol. The third-order valence-electron chi connectivity index (χ3n) is 2.69. The Bertz CT molecular complexity index is 520. The molecule has 18 heavy (non-hydrogen) atoms.